The quantitative estimate of drug-likeness (QED) is 0.809. The second-order valence-corrected chi connectivity index (χ2v) is 5.49. The molecule has 0 radical (unpaired) electrons. The Hall–Kier alpha value is -2.12. The number of amides is 2. The molecule has 1 aromatic rings. The van der Waals surface area contributed by atoms with Crippen LogP contribution in [0.4, 0.5) is 16.2 Å². The fourth-order valence-electron chi connectivity index (χ4n) is 2.81. The molecule has 2 unspecified atom stereocenters. The highest BCUT2D eigenvalue weighted by atomic mass is 16.5. The van der Waals surface area contributed by atoms with E-state index in [0.717, 1.165) is 17.7 Å². The second-order valence-electron chi connectivity index (χ2n) is 5.49. The summed E-state index contributed by atoms with van der Waals surface area (Å²) in [6.07, 6.45) is -0.311. The molecule has 0 spiro atoms. The first-order chi connectivity index (χ1) is 10.6. The van der Waals surface area contributed by atoms with E-state index in [9.17, 15) is 9.59 Å². The Kier molecular flexibility index (Phi) is 4.00. The molecule has 2 heterocycles. The first-order valence-corrected chi connectivity index (χ1v) is 7.25. The molecular formula is C15H19N3O4. The van der Waals surface area contributed by atoms with E-state index in [1.165, 1.54) is 0 Å². The van der Waals surface area contributed by atoms with E-state index in [2.05, 4.69) is 0 Å². The fourth-order valence-corrected chi connectivity index (χ4v) is 2.81. The number of urea groups is 1. The van der Waals surface area contributed by atoms with Gasteiger partial charge in [-0.3, -0.25) is 9.69 Å². The van der Waals surface area contributed by atoms with E-state index >= 15 is 0 Å². The van der Waals surface area contributed by atoms with Crippen LogP contribution >= 0.6 is 0 Å². The largest absolute Gasteiger partial charge is 0.394 e. The van der Waals surface area contributed by atoms with Crippen LogP contribution in [0.2, 0.25) is 0 Å². The lowest BCUT2D eigenvalue weighted by atomic mass is 10.2. The molecule has 0 aromatic heterocycles. The lowest BCUT2D eigenvalue weighted by Gasteiger charge is -2.22. The Morgan fingerprint density at radius 2 is 1.95 bits per heavy atom. The molecule has 118 valence electrons. The molecule has 2 amide bonds. The monoisotopic (exact) mass is 305 g/mol. The van der Waals surface area contributed by atoms with Gasteiger partial charge in [-0.2, -0.15) is 0 Å². The van der Waals surface area contributed by atoms with Gasteiger partial charge in [0.1, 0.15) is 6.10 Å². The molecule has 0 saturated carbocycles. The normalized spacial score (nSPS) is 25.2. The number of aliphatic hydroxyl groups is 1. The Bertz CT molecular complexity index is 562. The Labute approximate surface area is 128 Å². The summed E-state index contributed by atoms with van der Waals surface area (Å²) in [7, 11) is 1.78. The molecule has 2 aliphatic heterocycles. The van der Waals surface area contributed by atoms with Crippen LogP contribution in [0.1, 0.15) is 0 Å². The van der Waals surface area contributed by atoms with Crippen molar-refractivity contribution in [3.63, 3.8) is 0 Å². The third-order valence-electron chi connectivity index (χ3n) is 4.07. The van der Waals surface area contributed by atoms with Crippen LogP contribution in [0.3, 0.4) is 0 Å². The number of carbonyl (C=O) groups is 2. The van der Waals surface area contributed by atoms with Gasteiger partial charge in [-0.1, -0.05) is 0 Å². The Balaban J connectivity index is 1.77. The van der Waals surface area contributed by atoms with E-state index in [4.69, 9.17) is 9.84 Å². The first-order valence-electron chi connectivity index (χ1n) is 7.25. The molecule has 7 heteroatoms. The summed E-state index contributed by atoms with van der Waals surface area (Å²) in [6, 6.07) is 7.44. The molecule has 7 nitrogen and oxygen atoms in total. The molecule has 2 fully saturated rings. The minimum Gasteiger partial charge on any atom is -0.394 e. The van der Waals surface area contributed by atoms with Gasteiger partial charge >= 0.3 is 6.03 Å². The number of hydrogen-bond donors (Lipinski definition) is 1. The molecule has 2 atom stereocenters. The number of carbonyl (C=O) groups excluding carboxylic acids is 2. The van der Waals surface area contributed by atoms with Crippen molar-refractivity contribution >= 4 is 23.7 Å². The number of aldehydes is 1. The number of nitrogens with zero attached hydrogens (tertiary/aromatic N) is 3. The zero-order valence-electron chi connectivity index (χ0n) is 12.4. The number of benzene rings is 1. The van der Waals surface area contributed by atoms with Gasteiger partial charge in [0.15, 0.2) is 12.5 Å². The smallest absolute Gasteiger partial charge is 0.324 e. The van der Waals surface area contributed by atoms with Gasteiger partial charge in [0.05, 0.1) is 6.61 Å². The molecule has 2 saturated heterocycles. The van der Waals surface area contributed by atoms with Gasteiger partial charge in [-0.05, 0) is 24.3 Å². The van der Waals surface area contributed by atoms with Crippen molar-refractivity contribution in [3.05, 3.63) is 24.3 Å². The van der Waals surface area contributed by atoms with Crippen LogP contribution in [0.15, 0.2) is 24.3 Å². The lowest BCUT2D eigenvalue weighted by Crippen LogP contribution is -2.31. The van der Waals surface area contributed by atoms with Crippen molar-refractivity contribution in [2.24, 2.45) is 0 Å². The highest BCUT2D eigenvalue weighted by Crippen LogP contribution is 2.27. The van der Waals surface area contributed by atoms with E-state index < -0.39 is 6.23 Å². The van der Waals surface area contributed by atoms with Crippen LogP contribution in [-0.4, -0.2) is 67.9 Å². The van der Waals surface area contributed by atoms with Crippen LogP contribution in [-0.2, 0) is 9.53 Å². The van der Waals surface area contributed by atoms with Crippen LogP contribution in [0.5, 0.6) is 0 Å². The standard InChI is InChI=1S/C15H19N3O4/c1-16-6-7-17(15(16)21)11-2-4-12(5-3-11)18-8-13(9-19)22-14(18)10-20/h2-5,10,13-14,19H,6-9H2,1H3. The molecule has 0 bridgehead atoms. The molecule has 22 heavy (non-hydrogen) atoms. The molecule has 3 rings (SSSR count). The van der Waals surface area contributed by atoms with Crippen molar-refractivity contribution in [2.75, 3.05) is 43.1 Å². The minimum atomic E-state index is -0.678. The molecule has 2 aliphatic rings. The van der Waals surface area contributed by atoms with Crippen molar-refractivity contribution in [1.82, 2.24) is 4.90 Å². The predicted molar refractivity (Wildman–Crippen MR) is 81.0 cm³/mol. The number of likely N-dealkylation sites (N-methyl/N-ethyl adjacent to an activating group) is 1. The summed E-state index contributed by atoms with van der Waals surface area (Å²) < 4.78 is 5.42. The fraction of sp³-hybridized carbons (Fsp3) is 0.467. The molecular weight excluding hydrogens is 286 g/mol. The highest BCUT2D eigenvalue weighted by Gasteiger charge is 2.32. The zero-order chi connectivity index (χ0) is 15.7. The number of anilines is 2. The van der Waals surface area contributed by atoms with Gasteiger partial charge in [-0.25, -0.2) is 4.79 Å². The summed E-state index contributed by atoms with van der Waals surface area (Å²) in [5.74, 6) is 0. The molecule has 0 aliphatic carbocycles. The van der Waals surface area contributed by atoms with E-state index in [1.54, 1.807) is 21.7 Å². The Morgan fingerprint density at radius 1 is 1.27 bits per heavy atom. The highest BCUT2D eigenvalue weighted by molar-refractivity contribution is 5.94. The minimum absolute atomic E-state index is 0.0108. The summed E-state index contributed by atoms with van der Waals surface area (Å²) in [6.45, 7) is 1.73. The topological polar surface area (TPSA) is 73.3 Å². The average molecular weight is 305 g/mol. The van der Waals surface area contributed by atoms with Crippen LogP contribution in [0, 0.1) is 0 Å². The van der Waals surface area contributed by atoms with Gasteiger partial charge in [0.2, 0.25) is 0 Å². The van der Waals surface area contributed by atoms with E-state index in [-0.39, 0.29) is 18.7 Å². The second kappa shape index (κ2) is 5.94. The maximum absolute atomic E-state index is 12.0. The van der Waals surface area contributed by atoms with Crippen LogP contribution < -0.4 is 9.80 Å². The summed E-state index contributed by atoms with van der Waals surface area (Å²) >= 11 is 0. The van der Waals surface area contributed by atoms with Crippen LogP contribution in [0.25, 0.3) is 0 Å². The summed E-state index contributed by atoms with van der Waals surface area (Å²) in [5, 5.41) is 9.17. The number of rotatable bonds is 4. The van der Waals surface area contributed by atoms with Crippen molar-refractivity contribution in [1.29, 1.82) is 0 Å². The predicted octanol–water partition coefficient (Wildman–Crippen LogP) is 0.281. The van der Waals surface area contributed by atoms with E-state index in [1.807, 2.05) is 24.3 Å². The molecule has 1 N–H and O–H groups in total. The van der Waals surface area contributed by atoms with Crippen molar-refractivity contribution in [3.8, 4) is 0 Å². The SMILES string of the molecule is CN1CCN(c2ccc(N3CC(CO)OC3C=O)cc2)C1=O. The molecule has 1 aromatic carbocycles. The number of hydrogen-bond acceptors (Lipinski definition) is 5. The van der Waals surface area contributed by atoms with Crippen molar-refractivity contribution < 1.29 is 19.4 Å². The van der Waals surface area contributed by atoms with Gasteiger partial charge < -0.3 is 19.6 Å². The average Bonchev–Trinajstić information content (AvgIpc) is 3.12. The maximum atomic E-state index is 12.0. The zero-order valence-corrected chi connectivity index (χ0v) is 12.4. The lowest BCUT2D eigenvalue weighted by molar-refractivity contribution is -0.117. The summed E-state index contributed by atoms with van der Waals surface area (Å²) in [4.78, 5) is 28.3. The number of ether oxygens (including phenoxy) is 1. The maximum Gasteiger partial charge on any atom is 0.324 e. The third kappa shape index (κ3) is 2.53. The van der Waals surface area contributed by atoms with Gasteiger partial charge in [0, 0.05) is 38.1 Å². The number of aliphatic hydroxyl groups excluding tert-OH is 1. The van der Waals surface area contributed by atoms with Gasteiger partial charge in [0.25, 0.3) is 0 Å². The summed E-state index contributed by atoms with van der Waals surface area (Å²) in [5.41, 5.74) is 1.66. The third-order valence-corrected chi connectivity index (χ3v) is 4.07. The van der Waals surface area contributed by atoms with Gasteiger partial charge in [-0.15, -0.1) is 0 Å². The Morgan fingerprint density at radius 3 is 2.50 bits per heavy atom. The van der Waals surface area contributed by atoms with Crippen molar-refractivity contribution in [2.45, 2.75) is 12.3 Å². The van der Waals surface area contributed by atoms with E-state index in [0.29, 0.717) is 19.6 Å². The first kappa shape index (κ1) is 14.8.